The highest BCUT2D eigenvalue weighted by atomic mass is 32.2. The summed E-state index contributed by atoms with van der Waals surface area (Å²) in [6.45, 7) is 1.60. The molecule has 1 aromatic heterocycles. The summed E-state index contributed by atoms with van der Waals surface area (Å²) >= 11 is 1.54. The summed E-state index contributed by atoms with van der Waals surface area (Å²) in [5.41, 5.74) is 0.146. The van der Waals surface area contributed by atoms with Crippen molar-refractivity contribution in [2.75, 3.05) is 25.1 Å². The number of carboxylic acid groups (broad SMARTS) is 1. The van der Waals surface area contributed by atoms with Gasteiger partial charge in [0.2, 0.25) is 0 Å². The topological polar surface area (TPSA) is 109 Å². The second kappa shape index (κ2) is 6.71. The summed E-state index contributed by atoms with van der Waals surface area (Å²) in [7, 11) is 0. The van der Waals surface area contributed by atoms with Crippen LogP contribution in [-0.4, -0.2) is 63.1 Å². The summed E-state index contributed by atoms with van der Waals surface area (Å²) in [5.74, 6) is -0.877. The molecule has 0 bridgehead atoms. The molecular formula is C11H17N5O3S. The normalized spacial score (nSPS) is 16.4. The first-order chi connectivity index (χ1) is 9.61. The van der Waals surface area contributed by atoms with Crippen molar-refractivity contribution in [2.45, 2.75) is 18.5 Å². The molecule has 1 atom stereocenters. The summed E-state index contributed by atoms with van der Waals surface area (Å²) in [6, 6.07) is -0.679. The maximum Gasteiger partial charge on any atom is 0.326 e. The van der Waals surface area contributed by atoms with E-state index in [1.165, 1.54) is 11.8 Å². The number of rotatable bonds is 7. The number of hydrogen-bond acceptors (Lipinski definition) is 6. The number of carbonyl (C=O) groups is 2. The van der Waals surface area contributed by atoms with Gasteiger partial charge in [0.05, 0.1) is 12.2 Å². The minimum absolute atomic E-state index is 0.146. The highest BCUT2D eigenvalue weighted by Crippen LogP contribution is 2.10. The molecule has 0 spiro atoms. The van der Waals surface area contributed by atoms with Gasteiger partial charge in [0.25, 0.3) is 5.91 Å². The van der Waals surface area contributed by atoms with E-state index in [2.05, 4.69) is 20.9 Å². The first-order valence-corrected chi connectivity index (χ1v) is 7.66. The van der Waals surface area contributed by atoms with Crippen LogP contribution in [0.4, 0.5) is 0 Å². The molecule has 0 aliphatic carbocycles. The Morgan fingerprint density at radius 2 is 2.40 bits per heavy atom. The van der Waals surface area contributed by atoms with E-state index in [1.807, 2.05) is 6.26 Å². The molecule has 2 heterocycles. The van der Waals surface area contributed by atoms with Crippen LogP contribution in [0, 0.1) is 0 Å². The second-order valence-corrected chi connectivity index (χ2v) is 5.53. The number of hydrogen-bond donors (Lipinski definition) is 3. The van der Waals surface area contributed by atoms with Gasteiger partial charge in [-0.25, -0.2) is 9.48 Å². The number of nitrogens with zero attached hydrogens (tertiary/aromatic N) is 3. The van der Waals surface area contributed by atoms with Gasteiger partial charge in [-0.2, -0.15) is 11.8 Å². The molecule has 1 fully saturated rings. The number of aliphatic carboxylic acids is 1. The fourth-order valence-corrected chi connectivity index (χ4v) is 2.22. The van der Waals surface area contributed by atoms with Crippen LogP contribution in [0.15, 0.2) is 6.20 Å². The first kappa shape index (κ1) is 14.8. The van der Waals surface area contributed by atoms with Crippen LogP contribution in [-0.2, 0) is 4.79 Å². The lowest BCUT2D eigenvalue weighted by Gasteiger charge is -2.26. The third-order valence-electron chi connectivity index (χ3n) is 3.09. The second-order valence-electron chi connectivity index (χ2n) is 4.54. The van der Waals surface area contributed by atoms with E-state index in [1.54, 1.807) is 10.9 Å². The minimum Gasteiger partial charge on any atom is -0.480 e. The van der Waals surface area contributed by atoms with Crippen LogP contribution in [0.1, 0.15) is 23.0 Å². The molecule has 1 aliphatic heterocycles. The van der Waals surface area contributed by atoms with E-state index in [0.29, 0.717) is 12.2 Å². The van der Waals surface area contributed by atoms with Crippen LogP contribution in [0.3, 0.4) is 0 Å². The molecule has 1 aliphatic rings. The van der Waals surface area contributed by atoms with Crippen molar-refractivity contribution in [3.05, 3.63) is 11.9 Å². The van der Waals surface area contributed by atoms with Crippen molar-refractivity contribution in [3.8, 4) is 0 Å². The molecule has 8 nitrogen and oxygen atoms in total. The molecule has 0 saturated carbocycles. The molecule has 1 aromatic rings. The largest absolute Gasteiger partial charge is 0.480 e. The molecule has 0 radical (unpaired) electrons. The predicted molar refractivity (Wildman–Crippen MR) is 73.8 cm³/mol. The van der Waals surface area contributed by atoms with Crippen LogP contribution < -0.4 is 10.6 Å². The average Bonchev–Trinajstić information content (AvgIpc) is 2.81. The van der Waals surface area contributed by atoms with Crippen molar-refractivity contribution in [2.24, 2.45) is 0 Å². The number of amides is 1. The monoisotopic (exact) mass is 299 g/mol. The molecule has 3 N–H and O–H groups in total. The number of nitrogens with one attached hydrogen (secondary N) is 2. The summed E-state index contributed by atoms with van der Waals surface area (Å²) in [6.07, 6.45) is 3.82. The fraction of sp³-hybridized carbons (Fsp3) is 0.636. The van der Waals surface area contributed by atoms with Crippen molar-refractivity contribution in [1.82, 2.24) is 25.6 Å². The van der Waals surface area contributed by atoms with E-state index in [9.17, 15) is 9.59 Å². The number of carboxylic acids is 1. The average molecular weight is 299 g/mol. The maximum absolute atomic E-state index is 12.0. The Labute approximate surface area is 120 Å². The SMILES string of the molecule is CSCC[C@@H](NC(=O)c1cn(C2CNC2)nn1)C(=O)O. The number of carbonyl (C=O) groups excluding carboxylic acids is 1. The van der Waals surface area contributed by atoms with Crippen LogP contribution in [0.25, 0.3) is 0 Å². The molecule has 110 valence electrons. The van der Waals surface area contributed by atoms with Crippen molar-refractivity contribution < 1.29 is 14.7 Å². The Hall–Kier alpha value is -1.61. The zero-order chi connectivity index (χ0) is 14.5. The third kappa shape index (κ3) is 3.48. The van der Waals surface area contributed by atoms with Gasteiger partial charge < -0.3 is 15.7 Å². The Balaban J connectivity index is 1.95. The van der Waals surface area contributed by atoms with Gasteiger partial charge in [-0.3, -0.25) is 4.79 Å². The Morgan fingerprint density at radius 1 is 1.65 bits per heavy atom. The molecule has 1 amide bonds. The molecular weight excluding hydrogens is 282 g/mol. The number of aromatic nitrogens is 3. The third-order valence-corrected chi connectivity index (χ3v) is 3.73. The van der Waals surface area contributed by atoms with Gasteiger partial charge in [0.15, 0.2) is 5.69 Å². The zero-order valence-corrected chi connectivity index (χ0v) is 11.9. The highest BCUT2D eigenvalue weighted by Gasteiger charge is 2.24. The van der Waals surface area contributed by atoms with Crippen LogP contribution in [0.5, 0.6) is 0 Å². The Bertz CT molecular complexity index is 488. The van der Waals surface area contributed by atoms with Gasteiger partial charge in [-0.05, 0) is 18.4 Å². The lowest BCUT2D eigenvalue weighted by Crippen LogP contribution is -2.43. The summed E-state index contributed by atoms with van der Waals surface area (Å²) in [5, 5.41) is 22.3. The summed E-state index contributed by atoms with van der Waals surface area (Å²) < 4.78 is 1.63. The van der Waals surface area contributed by atoms with Gasteiger partial charge in [-0.15, -0.1) is 5.10 Å². The van der Waals surface area contributed by atoms with E-state index < -0.39 is 17.9 Å². The first-order valence-electron chi connectivity index (χ1n) is 6.27. The van der Waals surface area contributed by atoms with E-state index >= 15 is 0 Å². The molecule has 1 saturated heterocycles. The lowest BCUT2D eigenvalue weighted by molar-refractivity contribution is -0.139. The quantitative estimate of drug-likeness (QED) is 0.614. The fourth-order valence-electron chi connectivity index (χ4n) is 1.74. The maximum atomic E-state index is 12.0. The summed E-state index contributed by atoms with van der Waals surface area (Å²) in [4.78, 5) is 23.0. The van der Waals surface area contributed by atoms with Gasteiger partial charge in [0.1, 0.15) is 6.04 Å². The van der Waals surface area contributed by atoms with Gasteiger partial charge >= 0.3 is 5.97 Å². The predicted octanol–water partition coefficient (Wildman–Crippen LogP) is -0.641. The van der Waals surface area contributed by atoms with Gasteiger partial charge in [-0.1, -0.05) is 5.21 Å². The van der Waals surface area contributed by atoms with Crippen LogP contribution >= 0.6 is 11.8 Å². The zero-order valence-electron chi connectivity index (χ0n) is 11.1. The van der Waals surface area contributed by atoms with Crippen molar-refractivity contribution >= 4 is 23.6 Å². The Morgan fingerprint density at radius 3 is 2.95 bits per heavy atom. The molecule has 0 aromatic carbocycles. The highest BCUT2D eigenvalue weighted by molar-refractivity contribution is 7.98. The van der Waals surface area contributed by atoms with E-state index in [-0.39, 0.29) is 11.7 Å². The lowest BCUT2D eigenvalue weighted by atomic mass is 10.2. The molecule has 9 heteroatoms. The van der Waals surface area contributed by atoms with Crippen LogP contribution in [0.2, 0.25) is 0 Å². The van der Waals surface area contributed by atoms with Crippen molar-refractivity contribution in [3.63, 3.8) is 0 Å². The van der Waals surface area contributed by atoms with Crippen molar-refractivity contribution in [1.29, 1.82) is 0 Å². The van der Waals surface area contributed by atoms with E-state index in [0.717, 1.165) is 13.1 Å². The van der Waals surface area contributed by atoms with Gasteiger partial charge in [0, 0.05) is 13.1 Å². The smallest absolute Gasteiger partial charge is 0.326 e. The van der Waals surface area contributed by atoms with E-state index in [4.69, 9.17) is 5.11 Å². The minimum atomic E-state index is -1.04. The standard InChI is InChI=1S/C11H17N5O3S/c1-20-3-2-8(11(18)19)13-10(17)9-6-16(15-14-9)7-4-12-5-7/h6-8,12H,2-5H2,1H3,(H,13,17)(H,18,19)/t8-/m1/s1. The molecule has 20 heavy (non-hydrogen) atoms. The number of thioether (sulfide) groups is 1. The molecule has 0 unspecified atom stereocenters. The Kier molecular flexibility index (Phi) is 4.96. The molecule has 2 rings (SSSR count).